The van der Waals surface area contributed by atoms with E-state index >= 15 is 0 Å². The van der Waals surface area contributed by atoms with Crippen LogP contribution in [0.1, 0.15) is 36.1 Å². The summed E-state index contributed by atoms with van der Waals surface area (Å²) < 4.78 is 3.55. The topological polar surface area (TPSA) is 52.2 Å². The lowest BCUT2D eigenvalue weighted by atomic mass is 9.72. The number of aryl methyl sites for hydroxylation is 1. The van der Waals surface area contributed by atoms with Gasteiger partial charge in [-0.05, 0) is 36.3 Å². The molecule has 6 heteroatoms. The Kier molecular flexibility index (Phi) is 4.36. The molecule has 0 atom stereocenters. The van der Waals surface area contributed by atoms with E-state index in [9.17, 15) is 4.79 Å². The van der Waals surface area contributed by atoms with Gasteiger partial charge in [0.25, 0.3) is 5.56 Å². The molecule has 2 aromatic heterocycles. The normalized spacial score (nSPS) is 14.5. The lowest BCUT2D eigenvalue weighted by molar-refractivity contribution is 0.505. The SMILES string of the molecule is CSc1nn(Cc2ccccc2C)c2nc3c(c(=O)n12)C(C)(C)Cc1ccccc1-3. The van der Waals surface area contributed by atoms with Gasteiger partial charge in [-0.25, -0.2) is 14.1 Å². The van der Waals surface area contributed by atoms with Crippen molar-refractivity contribution >= 4 is 17.5 Å². The molecule has 152 valence electrons. The second kappa shape index (κ2) is 6.84. The minimum absolute atomic E-state index is 0.00473. The molecule has 0 spiro atoms. The highest BCUT2D eigenvalue weighted by Crippen LogP contribution is 2.40. The Bertz CT molecular complexity index is 1350. The summed E-state index contributed by atoms with van der Waals surface area (Å²) in [6.07, 6.45) is 2.78. The largest absolute Gasteiger partial charge is 0.268 e. The predicted molar refractivity (Wildman–Crippen MR) is 121 cm³/mol. The molecule has 2 aromatic carbocycles. The number of nitrogens with zero attached hydrogens (tertiary/aromatic N) is 4. The standard InChI is InChI=1S/C24H24N4OS/c1-15-9-5-6-11-17(15)14-27-22-25-20-18-12-8-7-10-16(18)13-24(2,3)19(20)21(29)28(22)23(26-27)30-4/h5-12H,13-14H2,1-4H3. The van der Waals surface area contributed by atoms with Crippen molar-refractivity contribution in [3.63, 3.8) is 0 Å². The molecule has 5 nitrogen and oxygen atoms in total. The van der Waals surface area contributed by atoms with Gasteiger partial charge < -0.3 is 0 Å². The maximum atomic E-state index is 13.8. The minimum atomic E-state index is -0.289. The van der Waals surface area contributed by atoms with Gasteiger partial charge in [-0.15, -0.1) is 5.10 Å². The first kappa shape index (κ1) is 19.1. The summed E-state index contributed by atoms with van der Waals surface area (Å²) in [6, 6.07) is 16.5. The third kappa shape index (κ3) is 2.82. The van der Waals surface area contributed by atoms with Gasteiger partial charge in [0.05, 0.1) is 17.8 Å². The summed E-state index contributed by atoms with van der Waals surface area (Å²) in [5.74, 6) is 0.596. The number of rotatable bonds is 3. The van der Waals surface area contributed by atoms with Gasteiger partial charge in [0, 0.05) is 11.0 Å². The van der Waals surface area contributed by atoms with Gasteiger partial charge in [-0.3, -0.25) is 4.79 Å². The smallest absolute Gasteiger partial charge is 0.265 e. The van der Waals surface area contributed by atoms with Crippen LogP contribution in [0.2, 0.25) is 0 Å². The van der Waals surface area contributed by atoms with Crippen LogP contribution in [0.4, 0.5) is 0 Å². The van der Waals surface area contributed by atoms with Crippen LogP contribution in [0.25, 0.3) is 17.0 Å². The Morgan fingerprint density at radius 1 is 1.10 bits per heavy atom. The summed E-state index contributed by atoms with van der Waals surface area (Å²) >= 11 is 1.48. The molecule has 0 fully saturated rings. The second-order valence-electron chi connectivity index (χ2n) is 8.56. The van der Waals surface area contributed by atoms with E-state index in [4.69, 9.17) is 10.1 Å². The minimum Gasteiger partial charge on any atom is -0.268 e. The van der Waals surface area contributed by atoms with E-state index in [-0.39, 0.29) is 11.0 Å². The molecule has 1 aliphatic carbocycles. The Morgan fingerprint density at radius 3 is 2.60 bits per heavy atom. The van der Waals surface area contributed by atoms with Crippen molar-refractivity contribution in [2.24, 2.45) is 0 Å². The number of aromatic nitrogens is 4. The van der Waals surface area contributed by atoms with Gasteiger partial charge in [-0.2, -0.15) is 0 Å². The van der Waals surface area contributed by atoms with E-state index in [2.05, 4.69) is 51.1 Å². The fraction of sp³-hybridized carbons (Fsp3) is 0.292. The third-order valence-electron chi connectivity index (χ3n) is 6.04. The van der Waals surface area contributed by atoms with E-state index < -0.39 is 0 Å². The third-order valence-corrected chi connectivity index (χ3v) is 6.67. The molecule has 5 rings (SSSR count). The van der Waals surface area contributed by atoms with E-state index in [1.54, 1.807) is 4.40 Å². The van der Waals surface area contributed by atoms with Crippen molar-refractivity contribution in [2.45, 2.75) is 44.3 Å². The highest BCUT2D eigenvalue weighted by molar-refractivity contribution is 7.98. The number of benzene rings is 2. The highest BCUT2D eigenvalue weighted by Gasteiger charge is 2.36. The molecular weight excluding hydrogens is 392 g/mol. The molecule has 0 saturated carbocycles. The summed E-state index contributed by atoms with van der Waals surface area (Å²) in [6.45, 7) is 6.94. The van der Waals surface area contributed by atoms with Crippen LogP contribution < -0.4 is 5.56 Å². The monoisotopic (exact) mass is 416 g/mol. The van der Waals surface area contributed by atoms with E-state index in [1.165, 1.54) is 28.5 Å². The molecule has 4 aromatic rings. The molecule has 0 aliphatic heterocycles. The van der Waals surface area contributed by atoms with Crippen molar-refractivity contribution in [2.75, 3.05) is 6.26 Å². The molecule has 0 bridgehead atoms. The maximum absolute atomic E-state index is 13.8. The quantitative estimate of drug-likeness (QED) is 0.463. The summed E-state index contributed by atoms with van der Waals surface area (Å²) in [5.41, 5.74) is 5.95. The predicted octanol–water partition coefficient (Wildman–Crippen LogP) is 4.47. The van der Waals surface area contributed by atoms with E-state index in [0.29, 0.717) is 17.5 Å². The average Bonchev–Trinajstić information content (AvgIpc) is 3.07. The first-order valence-electron chi connectivity index (χ1n) is 10.1. The Morgan fingerprint density at radius 2 is 1.83 bits per heavy atom. The molecule has 2 heterocycles. The fourth-order valence-electron chi connectivity index (χ4n) is 4.51. The first-order valence-corrected chi connectivity index (χ1v) is 11.3. The molecule has 0 radical (unpaired) electrons. The summed E-state index contributed by atoms with van der Waals surface area (Å²) in [4.78, 5) is 18.8. The van der Waals surface area contributed by atoms with Crippen LogP contribution in [0.15, 0.2) is 58.5 Å². The number of hydrogen-bond acceptors (Lipinski definition) is 4. The van der Waals surface area contributed by atoms with Gasteiger partial charge in [-0.1, -0.05) is 74.1 Å². The van der Waals surface area contributed by atoms with E-state index in [0.717, 1.165) is 23.2 Å². The van der Waals surface area contributed by atoms with Gasteiger partial charge >= 0.3 is 0 Å². The van der Waals surface area contributed by atoms with Crippen LogP contribution in [-0.4, -0.2) is 25.4 Å². The Hall–Kier alpha value is -2.86. The molecule has 0 unspecified atom stereocenters. The van der Waals surface area contributed by atoms with Crippen LogP contribution >= 0.6 is 11.8 Å². The average molecular weight is 417 g/mol. The lowest BCUT2D eigenvalue weighted by Gasteiger charge is -2.32. The zero-order valence-electron chi connectivity index (χ0n) is 17.6. The number of hydrogen-bond donors (Lipinski definition) is 0. The maximum Gasteiger partial charge on any atom is 0.265 e. The van der Waals surface area contributed by atoms with Gasteiger partial charge in [0.2, 0.25) is 5.78 Å². The van der Waals surface area contributed by atoms with Crippen molar-refractivity contribution in [1.29, 1.82) is 0 Å². The molecule has 0 saturated heterocycles. The molecule has 30 heavy (non-hydrogen) atoms. The lowest BCUT2D eigenvalue weighted by Crippen LogP contribution is -2.36. The zero-order valence-corrected chi connectivity index (χ0v) is 18.5. The van der Waals surface area contributed by atoms with Crippen molar-refractivity contribution in [3.05, 3.63) is 81.1 Å². The van der Waals surface area contributed by atoms with Crippen LogP contribution in [0.3, 0.4) is 0 Å². The number of fused-ring (bicyclic) bond motifs is 4. The number of thioether (sulfide) groups is 1. The van der Waals surface area contributed by atoms with Crippen molar-refractivity contribution in [1.82, 2.24) is 19.2 Å². The fourth-order valence-corrected chi connectivity index (χ4v) is 5.04. The van der Waals surface area contributed by atoms with Gasteiger partial charge in [0.15, 0.2) is 5.16 Å². The summed E-state index contributed by atoms with van der Waals surface area (Å²) in [7, 11) is 0. The summed E-state index contributed by atoms with van der Waals surface area (Å²) in [5, 5.41) is 5.43. The van der Waals surface area contributed by atoms with Gasteiger partial charge in [0.1, 0.15) is 0 Å². The van der Waals surface area contributed by atoms with Crippen molar-refractivity contribution < 1.29 is 0 Å². The van der Waals surface area contributed by atoms with Crippen LogP contribution in [0, 0.1) is 6.92 Å². The first-order chi connectivity index (χ1) is 14.4. The van der Waals surface area contributed by atoms with Crippen LogP contribution in [-0.2, 0) is 18.4 Å². The second-order valence-corrected chi connectivity index (χ2v) is 9.34. The van der Waals surface area contributed by atoms with E-state index in [1.807, 2.05) is 29.1 Å². The highest BCUT2D eigenvalue weighted by atomic mass is 32.2. The molecule has 0 N–H and O–H groups in total. The Labute approximate surface area is 179 Å². The Balaban J connectivity index is 1.82. The molecular formula is C24H24N4OS. The molecule has 0 amide bonds. The van der Waals surface area contributed by atoms with Crippen molar-refractivity contribution in [3.8, 4) is 11.3 Å². The molecule has 1 aliphatic rings. The zero-order chi connectivity index (χ0) is 21.0. The van der Waals surface area contributed by atoms with Crippen LogP contribution in [0.5, 0.6) is 0 Å².